The van der Waals surface area contributed by atoms with Crippen molar-refractivity contribution >= 4 is 5.96 Å². The van der Waals surface area contributed by atoms with Crippen LogP contribution in [0.15, 0.2) is 53.5 Å². The molecule has 1 atom stereocenters. The molecule has 1 fully saturated rings. The number of nitrogens with one attached hydrogen (secondary N) is 2. The molecule has 2 aromatic rings. The van der Waals surface area contributed by atoms with E-state index in [9.17, 15) is 4.39 Å². The first-order chi connectivity index (χ1) is 14.5. The van der Waals surface area contributed by atoms with Gasteiger partial charge >= 0.3 is 0 Å². The van der Waals surface area contributed by atoms with Gasteiger partial charge in [-0.25, -0.2) is 4.39 Å². The van der Waals surface area contributed by atoms with Crippen molar-refractivity contribution in [3.8, 4) is 0 Å². The summed E-state index contributed by atoms with van der Waals surface area (Å²) in [6, 6.07) is 16.3. The number of hydrogen-bond acceptors (Lipinski definition) is 3. The fourth-order valence-corrected chi connectivity index (χ4v) is 3.93. The molecule has 1 unspecified atom stereocenters. The molecule has 1 heterocycles. The summed E-state index contributed by atoms with van der Waals surface area (Å²) < 4.78 is 14.0. The molecule has 30 heavy (non-hydrogen) atoms. The van der Waals surface area contributed by atoms with Gasteiger partial charge in [0.1, 0.15) is 5.82 Å². The van der Waals surface area contributed by atoms with Crippen molar-refractivity contribution in [2.75, 3.05) is 34.2 Å². The Morgan fingerprint density at radius 2 is 1.97 bits per heavy atom. The fraction of sp³-hybridized carbons (Fsp3) is 0.458. The largest absolute Gasteiger partial charge is 0.352 e. The minimum atomic E-state index is -0.157. The summed E-state index contributed by atoms with van der Waals surface area (Å²) in [6.45, 7) is 4.31. The second-order valence-corrected chi connectivity index (χ2v) is 8.29. The molecule has 0 bridgehead atoms. The van der Waals surface area contributed by atoms with Crippen molar-refractivity contribution in [3.05, 3.63) is 71.0 Å². The van der Waals surface area contributed by atoms with Crippen LogP contribution in [-0.4, -0.2) is 56.0 Å². The summed E-state index contributed by atoms with van der Waals surface area (Å²) in [5, 5.41) is 6.95. The monoisotopic (exact) mass is 411 g/mol. The van der Waals surface area contributed by atoms with Crippen LogP contribution in [0.2, 0.25) is 0 Å². The van der Waals surface area contributed by atoms with E-state index in [-0.39, 0.29) is 5.82 Å². The Bertz CT molecular complexity index is 822. The first kappa shape index (κ1) is 22.2. The summed E-state index contributed by atoms with van der Waals surface area (Å²) in [5.41, 5.74) is 3.11. The van der Waals surface area contributed by atoms with E-state index in [4.69, 9.17) is 0 Å². The highest BCUT2D eigenvalue weighted by Crippen LogP contribution is 2.14. The van der Waals surface area contributed by atoms with Gasteiger partial charge in [-0.2, -0.15) is 0 Å². The van der Waals surface area contributed by atoms with Crippen molar-refractivity contribution in [3.63, 3.8) is 0 Å². The lowest BCUT2D eigenvalue weighted by Gasteiger charge is -2.34. The van der Waals surface area contributed by atoms with Crippen LogP contribution in [0.5, 0.6) is 0 Å². The maximum atomic E-state index is 14.0. The third-order valence-electron chi connectivity index (χ3n) is 5.38. The predicted molar refractivity (Wildman–Crippen MR) is 122 cm³/mol. The molecular formula is C24H34FN5. The lowest BCUT2D eigenvalue weighted by molar-refractivity contribution is 0.192. The Morgan fingerprint density at radius 1 is 1.17 bits per heavy atom. The number of nitrogens with zero attached hydrogens (tertiary/aromatic N) is 3. The molecule has 0 spiro atoms. The number of benzene rings is 2. The summed E-state index contributed by atoms with van der Waals surface area (Å²) in [6.07, 6.45) is 2.31. The van der Waals surface area contributed by atoms with Gasteiger partial charge in [0.05, 0.1) is 0 Å². The number of piperidine rings is 1. The van der Waals surface area contributed by atoms with Crippen molar-refractivity contribution in [2.24, 2.45) is 4.99 Å². The molecule has 2 aromatic carbocycles. The zero-order valence-electron chi connectivity index (χ0n) is 18.4. The Morgan fingerprint density at radius 3 is 2.70 bits per heavy atom. The van der Waals surface area contributed by atoms with Gasteiger partial charge in [0.15, 0.2) is 5.96 Å². The molecule has 1 aliphatic heterocycles. The van der Waals surface area contributed by atoms with Crippen molar-refractivity contribution in [1.29, 1.82) is 0 Å². The highest BCUT2D eigenvalue weighted by Gasteiger charge is 2.20. The molecule has 0 saturated carbocycles. The molecule has 5 nitrogen and oxygen atoms in total. The van der Waals surface area contributed by atoms with Crippen molar-refractivity contribution in [2.45, 2.75) is 38.5 Å². The van der Waals surface area contributed by atoms with Gasteiger partial charge in [-0.15, -0.1) is 0 Å². The molecular weight excluding hydrogens is 377 g/mol. The molecule has 1 saturated heterocycles. The summed E-state index contributed by atoms with van der Waals surface area (Å²) in [7, 11) is 5.69. The van der Waals surface area contributed by atoms with E-state index in [1.165, 1.54) is 12.0 Å². The number of guanidine groups is 1. The second kappa shape index (κ2) is 11.1. The second-order valence-electron chi connectivity index (χ2n) is 8.29. The number of halogens is 1. The number of rotatable bonds is 7. The van der Waals surface area contributed by atoms with E-state index >= 15 is 0 Å². The Balaban J connectivity index is 1.52. The van der Waals surface area contributed by atoms with E-state index in [0.29, 0.717) is 24.7 Å². The van der Waals surface area contributed by atoms with Crippen LogP contribution in [0.25, 0.3) is 0 Å². The fourth-order valence-electron chi connectivity index (χ4n) is 3.93. The Hall–Kier alpha value is -2.44. The zero-order chi connectivity index (χ0) is 21.3. The number of likely N-dealkylation sites (tertiary alicyclic amines) is 1. The number of hydrogen-bond donors (Lipinski definition) is 2. The van der Waals surface area contributed by atoms with E-state index in [2.05, 4.69) is 50.9 Å². The predicted octanol–water partition coefficient (Wildman–Crippen LogP) is 3.22. The van der Waals surface area contributed by atoms with Crippen LogP contribution >= 0.6 is 0 Å². The summed E-state index contributed by atoms with van der Waals surface area (Å²) in [4.78, 5) is 8.86. The Labute approximate surface area is 180 Å². The van der Waals surface area contributed by atoms with Gasteiger partial charge < -0.3 is 15.5 Å². The molecule has 2 N–H and O–H groups in total. The SMILES string of the molecule is CN=C(NCc1ccc(F)c(CN(C)C)c1)NC1CCCN(Cc2ccccc2)C1. The van der Waals surface area contributed by atoms with Gasteiger partial charge in [0.2, 0.25) is 0 Å². The normalized spacial score (nSPS) is 17.9. The molecule has 0 radical (unpaired) electrons. The molecule has 0 aliphatic carbocycles. The van der Waals surface area contributed by atoms with Gasteiger partial charge in [-0.3, -0.25) is 9.89 Å². The van der Waals surface area contributed by atoms with E-state index in [1.54, 1.807) is 13.1 Å². The Kier molecular flexibility index (Phi) is 8.22. The lowest BCUT2D eigenvalue weighted by atomic mass is 10.0. The average molecular weight is 412 g/mol. The first-order valence-electron chi connectivity index (χ1n) is 10.7. The maximum Gasteiger partial charge on any atom is 0.191 e. The minimum absolute atomic E-state index is 0.157. The van der Waals surface area contributed by atoms with Gasteiger partial charge in [-0.1, -0.05) is 36.4 Å². The zero-order valence-corrected chi connectivity index (χ0v) is 18.4. The van der Waals surface area contributed by atoms with Crippen LogP contribution in [0.1, 0.15) is 29.5 Å². The quantitative estimate of drug-likeness (QED) is 0.542. The molecule has 1 aliphatic rings. The molecule has 6 heteroatoms. The highest BCUT2D eigenvalue weighted by molar-refractivity contribution is 5.80. The van der Waals surface area contributed by atoms with Gasteiger partial charge in [0.25, 0.3) is 0 Å². The first-order valence-corrected chi connectivity index (χ1v) is 10.7. The van der Waals surface area contributed by atoms with Crippen molar-refractivity contribution in [1.82, 2.24) is 20.4 Å². The molecule has 3 rings (SSSR count). The third kappa shape index (κ3) is 6.82. The van der Waals surface area contributed by atoms with E-state index in [0.717, 1.165) is 37.6 Å². The summed E-state index contributed by atoms with van der Waals surface area (Å²) >= 11 is 0. The van der Waals surface area contributed by atoms with Crippen LogP contribution < -0.4 is 10.6 Å². The average Bonchev–Trinajstić information content (AvgIpc) is 2.74. The summed E-state index contributed by atoms with van der Waals surface area (Å²) in [5.74, 6) is 0.635. The van der Waals surface area contributed by atoms with E-state index in [1.807, 2.05) is 31.1 Å². The topological polar surface area (TPSA) is 42.9 Å². The molecule has 0 aromatic heterocycles. The van der Waals surface area contributed by atoms with Crippen LogP contribution in [-0.2, 0) is 19.6 Å². The maximum absolute atomic E-state index is 14.0. The van der Waals surface area contributed by atoms with Gasteiger partial charge in [0, 0.05) is 44.8 Å². The van der Waals surface area contributed by atoms with Crippen LogP contribution in [0, 0.1) is 5.82 Å². The van der Waals surface area contributed by atoms with E-state index < -0.39 is 0 Å². The van der Waals surface area contributed by atoms with Crippen molar-refractivity contribution < 1.29 is 4.39 Å². The van der Waals surface area contributed by atoms with Crippen LogP contribution in [0.3, 0.4) is 0 Å². The van der Waals surface area contributed by atoms with Crippen LogP contribution in [0.4, 0.5) is 4.39 Å². The standard InChI is InChI=1S/C24H34FN5/c1-26-24(27-15-20-11-12-23(25)21(14-20)17-29(2)3)28-22-10-7-13-30(18-22)16-19-8-5-4-6-9-19/h4-6,8-9,11-12,14,22H,7,10,13,15-18H2,1-3H3,(H2,26,27,28). The number of aliphatic imine (C=N–C) groups is 1. The minimum Gasteiger partial charge on any atom is -0.352 e. The lowest BCUT2D eigenvalue weighted by Crippen LogP contribution is -2.50. The third-order valence-corrected chi connectivity index (χ3v) is 5.38. The highest BCUT2D eigenvalue weighted by atomic mass is 19.1. The molecule has 0 amide bonds. The molecule has 162 valence electrons. The van der Waals surface area contributed by atoms with Gasteiger partial charge in [-0.05, 0) is 56.7 Å². The smallest absolute Gasteiger partial charge is 0.191 e.